The molecule has 0 rings (SSSR count). The van der Waals surface area contributed by atoms with Crippen LogP contribution in [0.4, 0.5) is 0 Å². The number of hydrogen-bond donors (Lipinski definition) is 1. The monoisotopic (exact) mass is 305 g/mol. The topological polar surface area (TPSA) is 115 Å². The maximum Gasteiger partial charge on any atom is 2.00 e. The summed E-state index contributed by atoms with van der Waals surface area (Å²) >= 11 is 0. The molecule has 0 aromatic carbocycles. The molecule has 0 aromatic heterocycles. The van der Waals surface area contributed by atoms with Crippen molar-refractivity contribution in [2.24, 2.45) is 0 Å². The Kier molecular flexibility index (Phi) is 140. The molecule has 0 aliphatic rings. The summed E-state index contributed by atoms with van der Waals surface area (Å²) in [7, 11) is -5.17. The van der Waals surface area contributed by atoms with Gasteiger partial charge in [0.05, 0.1) is 0 Å². The number of hydrogen-bond acceptors (Lipinski definition) is 5. The minimum absolute atomic E-state index is 0. The summed E-state index contributed by atoms with van der Waals surface area (Å²) in [5, 5.41) is 0. The van der Waals surface area contributed by atoms with Gasteiger partial charge < -0.3 is 52.5 Å². The van der Waals surface area contributed by atoms with Crippen molar-refractivity contribution in [2.45, 2.75) is 0 Å². The van der Waals surface area contributed by atoms with Crippen LogP contribution in [-0.2, 0) is 10.4 Å². The average molecular weight is 307 g/mol. The zero-order chi connectivity index (χ0) is 4.50. The molecule has 64 valence electrons. The van der Waals surface area contributed by atoms with Gasteiger partial charge in [-0.1, -0.05) is 0 Å². The predicted octanol–water partition coefficient (Wildman–Crippen LogP) is -13.9. The Balaban J connectivity index is -0.00000000381. The molecule has 0 unspecified atom stereocenters. The Labute approximate surface area is 158 Å². The Morgan fingerprint density at radius 1 is 0.917 bits per heavy atom. The van der Waals surface area contributed by atoms with Crippen LogP contribution in [0.1, 0.15) is 0 Å². The van der Waals surface area contributed by atoms with E-state index in [2.05, 4.69) is 0 Å². The third kappa shape index (κ3) is 160. The largest absolute Gasteiger partial charge is 2.00 e. The van der Waals surface area contributed by atoms with Gasteiger partial charge in [-0.05, 0) is 0 Å². The van der Waals surface area contributed by atoms with Gasteiger partial charge >= 0.3 is 90.3 Å². The fourth-order valence-electron chi connectivity index (χ4n) is 0. The maximum absolute atomic E-state index is 8.52. The first-order chi connectivity index (χ1) is 2.00. The van der Waals surface area contributed by atoms with Crippen molar-refractivity contribution < 1.29 is 84.3 Å². The average Bonchev–Trinajstić information content (AvgIpc) is 0.722. The van der Waals surface area contributed by atoms with Crippen molar-refractivity contribution in [2.75, 3.05) is 0 Å². The van der Waals surface area contributed by atoms with Crippen LogP contribution in [0.3, 0.4) is 0 Å². The van der Waals surface area contributed by atoms with E-state index in [1.165, 1.54) is 0 Å². The molecule has 0 fully saturated rings. The van der Waals surface area contributed by atoms with Gasteiger partial charge in [-0.3, -0.25) is 8.42 Å². The smallest absolute Gasteiger partial charge is 1.00 e. The Morgan fingerprint density at radius 2 is 0.917 bits per heavy atom. The van der Waals surface area contributed by atoms with Gasteiger partial charge in [-0.2, -0.15) is 0 Å². The van der Waals surface area contributed by atoms with Crippen LogP contribution in [0.15, 0.2) is 0 Å². The standard InChI is InChI=1S/Ca.3ClH.Mg.H3N.Na.H2O4S/c;;;;;;;1-5(2,3)4/h;3*1H;;1H3;;(H2,1,2,3,4)/q+2;;;;+2;;+1;/p-5. The van der Waals surface area contributed by atoms with Crippen LogP contribution < -0.4 is 72.9 Å². The van der Waals surface area contributed by atoms with Crippen LogP contribution in [0, 0.1) is 0 Å². The molecule has 0 saturated carbocycles. The fraction of sp³-hybridized carbons (Fsp3) is 0. The van der Waals surface area contributed by atoms with Crippen molar-refractivity contribution >= 4 is 71.2 Å². The minimum Gasteiger partial charge on any atom is -1.00 e. The van der Waals surface area contributed by atoms with Crippen LogP contribution >= 0.6 is 0 Å². The third-order valence-electron chi connectivity index (χ3n) is 0. The van der Waals surface area contributed by atoms with Gasteiger partial charge in [0.15, 0.2) is 0 Å². The Hall–Kier alpha value is 3.73. The van der Waals surface area contributed by atoms with Crippen molar-refractivity contribution in [3.8, 4) is 0 Å². The van der Waals surface area contributed by atoms with Crippen molar-refractivity contribution in [1.29, 1.82) is 0 Å². The van der Waals surface area contributed by atoms with Gasteiger partial charge in [-0.25, -0.2) is 0 Å². The summed E-state index contributed by atoms with van der Waals surface area (Å²) < 4.78 is 34.1. The SMILES string of the molecule is N.O=S(=O)([O-])[O-].[Ca+2].[Cl-].[Cl-].[Cl-].[Mg+2].[Na+]. The molecule has 3 N–H and O–H groups in total. The van der Waals surface area contributed by atoms with E-state index in [1.807, 2.05) is 0 Å². The third-order valence-corrected chi connectivity index (χ3v) is 0. The summed E-state index contributed by atoms with van der Waals surface area (Å²) in [5.41, 5.74) is 0. The summed E-state index contributed by atoms with van der Waals surface area (Å²) in [4.78, 5) is 0. The van der Waals surface area contributed by atoms with Crippen LogP contribution in [0.25, 0.3) is 0 Å². The molecular weight excluding hydrogens is 304 g/mol. The number of rotatable bonds is 0. The minimum atomic E-state index is -5.17. The molecule has 0 spiro atoms. The molecule has 12 heavy (non-hydrogen) atoms. The van der Waals surface area contributed by atoms with Gasteiger partial charge in [0, 0.05) is 10.4 Å². The maximum atomic E-state index is 8.52. The normalized spacial score (nSPS) is 4.83. The predicted molar refractivity (Wildman–Crippen MR) is 27.0 cm³/mol. The van der Waals surface area contributed by atoms with Crippen LogP contribution in [0.5, 0.6) is 0 Å². The molecule has 0 saturated heterocycles. The van der Waals surface area contributed by atoms with E-state index in [0.29, 0.717) is 0 Å². The van der Waals surface area contributed by atoms with Crippen molar-refractivity contribution in [3.05, 3.63) is 0 Å². The molecule has 12 heteroatoms. The second kappa shape index (κ2) is 29.3. The van der Waals surface area contributed by atoms with Crippen LogP contribution in [0.2, 0.25) is 0 Å². The van der Waals surface area contributed by atoms with Gasteiger partial charge in [0.2, 0.25) is 0 Å². The zero-order valence-electron chi connectivity index (χ0n) is 6.30. The molecule has 0 radical (unpaired) electrons. The molecule has 5 nitrogen and oxygen atoms in total. The molecule has 0 atom stereocenters. The summed E-state index contributed by atoms with van der Waals surface area (Å²) in [6, 6.07) is 0. The van der Waals surface area contributed by atoms with E-state index in [-0.39, 0.29) is 134 Å². The molecule has 0 aromatic rings. The van der Waals surface area contributed by atoms with Crippen molar-refractivity contribution in [1.82, 2.24) is 6.15 Å². The molecule has 0 bridgehead atoms. The molecule has 0 heterocycles. The second-order valence-corrected chi connectivity index (χ2v) is 1.22. The summed E-state index contributed by atoms with van der Waals surface area (Å²) in [6.07, 6.45) is 0. The first-order valence-corrected chi connectivity index (χ1v) is 2.00. The first kappa shape index (κ1) is 57.1. The van der Waals surface area contributed by atoms with Crippen LogP contribution in [-0.4, -0.2) is 78.3 Å². The van der Waals surface area contributed by atoms with Crippen molar-refractivity contribution in [3.63, 3.8) is 0 Å². The first-order valence-electron chi connectivity index (χ1n) is 0.667. The molecule has 0 amide bonds. The molecular formula is H3CaCl3MgNNaO4S. The number of halogens is 3. The molecule has 0 aliphatic heterocycles. The Morgan fingerprint density at radius 3 is 0.917 bits per heavy atom. The zero-order valence-corrected chi connectivity index (χ0v) is 15.0. The van der Waals surface area contributed by atoms with E-state index in [4.69, 9.17) is 17.5 Å². The second-order valence-electron chi connectivity index (χ2n) is 0.408. The van der Waals surface area contributed by atoms with E-state index < -0.39 is 10.4 Å². The fourth-order valence-corrected chi connectivity index (χ4v) is 0. The molecule has 0 aliphatic carbocycles. The van der Waals surface area contributed by atoms with E-state index in [1.54, 1.807) is 0 Å². The van der Waals surface area contributed by atoms with Gasteiger partial charge in [0.1, 0.15) is 0 Å². The quantitative estimate of drug-likeness (QED) is 0.271. The van der Waals surface area contributed by atoms with Gasteiger partial charge in [0.25, 0.3) is 0 Å². The van der Waals surface area contributed by atoms with E-state index >= 15 is 0 Å². The summed E-state index contributed by atoms with van der Waals surface area (Å²) in [5.74, 6) is 0. The van der Waals surface area contributed by atoms with E-state index in [9.17, 15) is 0 Å². The van der Waals surface area contributed by atoms with Gasteiger partial charge in [-0.15, -0.1) is 0 Å². The summed E-state index contributed by atoms with van der Waals surface area (Å²) in [6.45, 7) is 0. The Bertz CT molecular complexity index is 113. The van der Waals surface area contributed by atoms with E-state index in [0.717, 1.165) is 0 Å².